The molecule has 0 aliphatic heterocycles. The van der Waals surface area contributed by atoms with E-state index in [2.05, 4.69) is 11.8 Å². The molecular weight excluding hydrogens is 188 g/mol. The summed E-state index contributed by atoms with van der Waals surface area (Å²) in [5.41, 5.74) is 0. The van der Waals surface area contributed by atoms with Gasteiger partial charge < -0.3 is 9.80 Å². The molecule has 1 saturated carbocycles. The summed E-state index contributed by atoms with van der Waals surface area (Å²) in [5.74, 6) is 0. The Morgan fingerprint density at radius 3 is 2.00 bits per heavy atom. The maximum Gasteiger partial charge on any atom is 0.320 e. The van der Waals surface area contributed by atoms with Crippen LogP contribution >= 0.6 is 0 Å². The van der Waals surface area contributed by atoms with Crippen molar-refractivity contribution in [1.29, 1.82) is 0 Å². The largest absolute Gasteiger partial charge is 0.325 e. The Bertz CT molecular complexity index is 196. The third-order valence-electron chi connectivity index (χ3n) is 3.39. The average molecular weight is 212 g/mol. The summed E-state index contributed by atoms with van der Waals surface area (Å²) in [7, 11) is 0. The molecule has 0 saturated heterocycles. The molecule has 1 aliphatic carbocycles. The average Bonchev–Trinajstić information content (AvgIpc) is 2.74. The molecule has 1 fully saturated rings. The molecule has 0 aromatic carbocycles. The number of rotatable bonds is 4. The molecule has 0 bridgehead atoms. The van der Waals surface area contributed by atoms with Crippen molar-refractivity contribution in [1.82, 2.24) is 9.80 Å². The first-order chi connectivity index (χ1) is 7.24. The molecule has 0 aromatic rings. The van der Waals surface area contributed by atoms with Crippen molar-refractivity contribution in [3.63, 3.8) is 0 Å². The van der Waals surface area contributed by atoms with E-state index in [1.165, 1.54) is 25.7 Å². The second-order valence-corrected chi connectivity index (χ2v) is 4.18. The van der Waals surface area contributed by atoms with Gasteiger partial charge in [-0.25, -0.2) is 4.79 Å². The molecule has 2 amide bonds. The van der Waals surface area contributed by atoms with Gasteiger partial charge in [0.1, 0.15) is 0 Å². The number of carbonyl (C=O) groups is 1. The normalized spacial score (nSPS) is 16.7. The molecule has 0 aromatic heterocycles. The predicted molar refractivity (Wildman–Crippen MR) is 63.0 cm³/mol. The second-order valence-electron chi connectivity index (χ2n) is 4.18. The summed E-state index contributed by atoms with van der Waals surface area (Å²) in [6, 6.07) is 0.734. The van der Waals surface area contributed by atoms with E-state index in [-0.39, 0.29) is 6.03 Å². The molecule has 0 atom stereocenters. The fourth-order valence-electron chi connectivity index (χ4n) is 2.44. The zero-order valence-corrected chi connectivity index (χ0v) is 10.3. The lowest BCUT2D eigenvalue weighted by atomic mass is 10.2. The summed E-state index contributed by atoms with van der Waals surface area (Å²) in [5, 5.41) is 0. The summed E-state index contributed by atoms with van der Waals surface area (Å²) in [6.07, 6.45) is 4.96. The van der Waals surface area contributed by atoms with E-state index in [1.54, 1.807) is 0 Å². The van der Waals surface area contributed by atoms with Crippen LogP contribution in [-0.4, -0.2) is 41.5 Å². The van der Waals surface area contributed by atoms with Gasteiger partial charge in [-0.15, -0.1) is 0 Å². The summed E-state index contributed by atoms with van der Waals surface area (Å²) < 4.78 is 0. The van der Waals surface area contributed by atoms with Crippen LogP contribution < -0.4 is 0 Å². The smallest absolute Gasteiger partial charge is 0.320 e. The number of nitrogens with zero attached hydrogens (tertiary/aromatic N) is 2. The Kier molecular flexibility index (Phi) is 4.92. The third kappa shape index (κ3) is 2.86. The molecule has 0 spiro atoms. The van der Waals surface area contributed by atoms with Crippen molar-refractivity contribution in [2.24, 2.45) is 0 Å². The van der Waals surface area contributed by atoms with E-state index in [0.717, 1.165) is 19.6 Å². The van der Waals surface area contributed by atoms with Gasteiger partial charge in [0.2, 0.25) is 0 Å². The highest BCUT2D eigenvalue weighted by Gasteiger charge is 2.27. The van der Waals surface area contributed by atoms with Crippen LogP contribution in [0.15, 0.2) is 0 Å². The van der Waals surface area contributed by atoms with Gasteiger partial charge in [-0.2, -0.15) is 0 Å². The minimum absolute atomic E-state index is 0.231. The van der Waals surface area contributed by atoms with Gasteiger partial charge in [-0.1, -0.05) is 12.8 Å². The van der Waals surface area contributed by atoms with Crippen LogP contribution in [0.1, 0.15) is 46.5 Å². The number of hydrogen-bond acceptors (Lipinski definition) is 1. The lowest BCUT2D eigenvalue weighted by Crippen LogP contribution is -2.47. The first-order valence-corrected chi connectivity index (χ1v) is 6.30. The Hall–Kier alpha value is -0.730. The predicted octanol–water partition coefficient (Wildman–Crippen LogP) is 2.71. The van der Waals surface area contributed by atoms with Gasteiger partial charge in [0.15, 0.2) is 0 Å². The summed E-state index contributed by atoms with van der Waals surface area (Å²) in [6.45, 7) is 8.66. The van der Waals surface area contributed by atoms with Crippen molar-refractivity contribution in [3.8, 4) is 0 Å². The van der Waals surface area contributed by atoms with Gasteiger partial charge in [0, 0.05) is 25.7 Å². The van der Waals surface area contributed by atoms with Crippen molar-refractivity contribution in [2.45, 2.75) is 52.5 Å². The number of hydrogen-bond donors (Lipinski definition) is 0. The fourth-order valence-corrected chi connectivity index (χ4v) is 2.44. The lowest BCUT2D eigenvalue weighted by Gasteiger charge is -2.32. The fraction of sp³-hybridized carbons (Fsp3) is 0.917. The monoisotopic (exact) mass is 212 g/mol. The molecule has 88 valence electrons. The van der Waals surface area contributed by atoms with Crippen LogP contribution in [0.3, 0.4) is 0 Å². The molecule has 0 radical (unpaired) electrons. The summed E-state index contributed by atoms with van der Waals surface area (Å²) >= 11 is 0. The molecule has 3 nitrogen and oxygen atoms in total. The van der Waals surface area contributed by atoms with E-state index >= 15 is 0 Å². The Morgan fingerprint density at radius 2 is 1.60 bits per heavy atom. The first kappa shape index (κ1) is 12.3. The van der Waals surface area contributed by atoms with Crippen molar-refractivity contribution in [3.05, 3.63) is 0 Å². The van der Waals surface area contributed by atoms with Gasteiger partial charge in [-0.3, -0.25) is 0 Å². The van der Waals surface area contributed by atoms with Crippen LogP contribution in [0.4, 0.5) is 4.79 Å². The molecule has 1 aliphatic rings. The van der Waals surface area contributed by atoms with Gasteiger partial charge in [0.05, 0.1) is 0 Å². The molecule has 0 N–H and O–H groups in total. The van der Waals surface area contributed by atoms with E-state index in [9.17, 15) is 4.79 Å². The second kappa shape index (κ2) is 5.99. The zero-order valence-electron chi connectivity index (χ0n) is 10.3. The highest BCUT2D eigenvalue weighted by Crippen LogP contribution is 2.24. The Morgan fingerprint density at radius 1 is 1.07 bits per heavy atom. The lowest BCUT2D eigenvalue weighted by molar-refractivity contribution is 0.140. The van der Waals surface area contributed by atoms with Crippen LogP contribution in [0.5, 0.6) is 0 Å². The van der Waals surface area contributed by atoms with Crippen molar-refractivity contribution < 1.29 is 4.79 Å². The topological polar surface area (TPSA) is 23.6 Å². The molecule has 3 heteroatoms. The van der Waals surface area contributed by atoms with Gasteiger partial charge in [-0.05, 0) is 33.6 Å². The van der Waals surface area contributed by atoms with Crippen molar-refractivity contribution in [2.75, 3.05) is 19.6 Å². The Labute approximate surface area is 93.4 Å². The van der Waals surface area contributed by atoms with Crippen molar-refractivity contribution >= 4 is 6.03 Å². The Balaban J connectivity index is 2.59. The van der Waals surface area contributed by atoms with E-state index < -0.39 is 0 Å². The molecule has 0 heterocycles. The zero-order chi connectivity index (χ0) is 11.3. The van der Waals surface area contributed by atoms with E-state index in [4.69, 9.17) is 0 Å². The van der Waals surface area contributed by atoms with Crippen LogP contribution in [-0.2, 0) is 0 Å². The highest BCUT2D eigenvalue weighted by atomic mass is 16.2. The molecule has 0 unspecified atom stereocenters. The third-order valence-corrected chi connectivity index (χ3v) is 3.39. The quantitative estimate of drug-likeness (QED) is 0.703. The molecule has 1 rings (SSSR count). The standard InChI is InChI=1S/C12H24N2O/c1-4-13(5-2)12(15)14(6-3)11-9-7-8-10-11/h11H,4-10H2,1-3H3. The number of urea groups is 1. The van der Waals surface area contributed by atoms with Crippen LogP contribution in [0, 0.1) is 0 Å². The molecular formula is C12H24N2O. The highest BCUT2D eigenvalue weighted by molar-refractivity contribution is 5.74. The SMILES string of the molecule is CCN(CC)C(=O)N(CC)C1CCCC1. The van der Waals surface area contributed by atoms with E-state index in [0.29, 0.717) is 6.04 Å². The minimum Gasteiger partial charge on any atom is -0.325 e. The van der Waals surface area contributed by atoms with Crippen LogP contribution in [0.25, 0.3) is 0 Å². The van der Waals surface area contributed by atoms with E-state index in [1.807, 2.05) is 18.7 Å². The maximum atomic E-state index is 12.2. The van der Waals surface area contributed by atoms with Gasteiger partial charge >= 0.3 is 6.03 Å². The van der Waals surface area contributed by atoms with Crippen LogP contribution in [0.2, 0.25) is 0 Å². The maximum absolute atomic E-state index is 12.2. The number of carbonyl (C=O) groups excluding carboxylic acids is 1. The first-order valence-electron chi connectivity index (χ1n) is 6.30. The molecule has 15 heavy (non-hydrogen) atoms. The minimum atomic E-state index is 0.231. The van der Waals surface area contributed by atoms with Gasteiger partial charge in [0.25, 0.3) is 0 Å². The summed E-state index contributed by atoms with van der Waals surface area (Å²) in [4.78, 5) is 16.1. The number of amides is 2.